The van der Waals surface area contributed by atoms with Crippen LogP contribution in [0, 0.1) is 0 Å². The molecule has 2 N–H and O–H groups in total. The average molecular weight is 296 g/mol. The van der Waals surface area contributed by atoms with E-state index in [1.54, 1.807) is 12.3 Å². The zero-order chi connectivity index (χ0) is 14.9. The van der Waals surface area contributed by atoms with Gasteiger partial charge < -0.3 is 9.88 Å². The Bertz CT molecular complexity index is 793. The van der Waals surface area contributed by atoms with Crippen LogP contribution in [0.3, 0.4) is 0 Å². The molecule has 1 aromatic carbocycles. The quantitative estimate of drug-likeness (QED) is 0.753. The van der Waals surface area contributed by atoms with Gasteiger partial charge in [0.25, 0.3) is 5.91 Å². The summed E-state index contributed by atoms with van der Waals surface area (Å²) in [5.41, 5.74) is 2.13. The fourth-order valence-corrected chi connectivity index (χ4v) is 3.04. The largest absolute Gasteiger partial charge is 0.348 e. The van der Waals surface area contributed by atoms with Crippen LogP contribution in [-0.2, 0) is 0 Å². The van der Waals surface area contributed by atoms with Crippen LogP contribution in [0.5, 0.6) is 0 Å². The van der Waals surface area contributed by atoms with Gasteiger partial charge in [0.15, 0.2) is 0 Å². The van der Waals surface area contributed by atoms with Crippen molar-refractivity contribution in [2.45, 2.75) is 18.8 Å². The van der Waals surface area contributed by atoms with Gasteiger partial charge in [-0.3, -0.25) is 4.79 Å². The number of fused-ring (bicyclic) bond motifs is 1. The minimum absolute atomic E-state index is 0.0427. The molecular weight excluding hydrogens is 280 g/mol. The van der Waals surface area contributed by atoms with E-state index in [9.17, 15) is 4.79 Å². The molecular formula is C15H16N6O. The molecule has 1 amide bonds. The lowest BCUT2D eigenvalue weighted by molar-refractivity contribution is 0.0705. The molecule has 4 rings (SSSR count). The van der Waals surface area contributed by atoms with Gasteiger partial charge in [0.05, 0.1) is 0 Å². The number of amides is 1. The van der Waals surface area contributed by atoms with Crippen LogP contribution in [0.15, 0.2) is 30.6 Å². The van der Waals surface area contributed by atoms with E-state index in [0.29, 0.717) is 17.6 Å². The summed E-state index contributed by atoms with van der Waals surface area (Å²) in [6, 6.07) is 5.42. The molecule has 1 aliphatic heterocycles. The molecule has 7 nitrogen and oxygen atoms in total. The molecule has 3 heterocycles. The smallest absolute Gasteiger partial charge is 0.253 e. The van der Waals surface area contributed by atoms with E-state index in [-0.39, 0.29) is 11.8 Å². The normalized spacial score (nSPS) is 18.7. The summed E-state index contributed by atoms with van der Waals surface area (Å²) in [5.74, 6) is 1.29. The fourth-order valence-electron chi connectivity index (χ4n) is 3.04. The zero-order valence-corrected chi connectivity index (χ0v) is 12.0. The number of aromatic amines is 2. The van der Waals surface area contributed by atoms with Gasteiger partial charge in [0.2, 0.25) is 0 Å². The molecule has 2 aromatic heterocycles. The van der Waals surface area contributed by atoms with Gasteiger partial charge >= 0.3 is 0 Å². The van der Waals surface area contributed by atoms with Gasteiger partial charge in [-0.15, -0.1) is 0 Å². The first kappa shape index (κ1) is 13.0. The standard InChI is InChI=1S/C15H16N6O/c22-15(10-3-4-12-13(8-10)19-20-18-12)21-7-1-2-11(9-21)14-16-5-6-17-14/h3-6,8,11H,1-2,7,9H2,(H,16,17)(H,18,19,20)/t11-/m1/s1. The summed E-state index contributed by atoms with van der Waals surface area (Å²) in [4.78, 5) is 22.1. The number of carbonyl (C=O) groups excluding carboxylic acids is 1. The van der Waals surface area contributed by atoms with Crippen molar-refractivity contribution in [1.29, 1.82) is 0 Å². The highest BCUT2D eigenvalue weighted by atomic mass is 16.2. The third-order valence-corrected chi connectivity index (χ3v) is 4.18. The molecule has 22 heavy (non-hydrogen) atoms. The van der Waals surface area contributed by atoms with Crippen LogP contribution in [0.25, 0.3) is 11.0 Å². The van der Waals surface area contributed by atoms with E-state index in [1.165, 1.54) is 0 Å². The lowest BCUT2D eigenvalue weighted by atomic mass is 9.96. The number of rotatable bonds is 2. The van der Waals surface area contributed by atoms with Gasteiger partial charge in [-0.25, -0.2) is 4.98 Å². The number of hydrogen-bond donors (Lipinski definition) is 2. The Hall–Kier alpha value is -2.70. The number of aromatic nitrogens is 5. The van der Waals surface area contributed by atoms with Crippen molar-refractivity contribution in [3.8, 4) is 0 Å². The van der Waals surface area contributed by atoms with Gasteiger partial charge in [-0.1, -0.05) is 0 Å². The number of hydrogen-bond acceptors (Lipinski definition) is 4. The highest BCUT2D eigenvalue weighted by Crippen LogP contribution is 2.25. The summed E-state index contributed by atoms with van der Waals surface area (Å²) < 4.78 is 0. The second-order valence-corrected chi connectivity index (χ2v) is 5.59. The Kier molecular flexibility index (Phi) is 3.10. The second-order valence-electron chi connectivity index (χ2n) is 5.59. The lowest BCUT2D eigenvalue weighted by Gasteiger charge is -2.32. The van der Waals surface area contributed by atoms with Crippen LogP contribution in [0.1, 0.15) is 34.9 Å². The number of nitrogens with one attached hydrogen (secondary N) is 2. The number of imidazole rings is 1. The number of carbonyl (C=O) groups is 1. The third-order valence-electron chi connectivity index (χ3n) is 4.18. The summed E-state index contributed by atoms with van der Waals surface area (Å²) in [5, 5.41) is 10.6. The average Bonchev–Trinajstić information content (AvgIpc) is 3.25. The van der Waals surface area contributed by atoms with Gasteiger partial charge in [0, 0.05) is 37.0 Å². The minimum Gasteiger partial charge on any atom is -0.348 e. The van der Waals surface area contributed by atoms with E-state index >= 15 is 0 Å². The number of nitrogens with zero attached hydrogens (tertiary/aromatic N) is 4. The molecule has 1 fully saturated rings. The van der Waals surface area contributed by atoms with Crippen molar-refractivity contribution >= 4 is 16.9 Å². The Morgan fingerprint density at radius 2 is 2.18 bits per heavy atom. The van der Waals surface area contributed by atoms with Gasteiger partial charge in [0.1, 0.15) is 16.9 Å². The van der Waals surface area contributed by atoms with E-state index in [0.717, 1.165) is 30.7 Å². The molecule has 7 heteroatoms. The molecule has 1 aliphatic rings. The molecule has 1 saturated heterocycles. The van der Waals surface area contributed by atoms with Crippen LogP contribution in [-0.4, -0.2) is 49.3 Å². The second kappa shape index (κ2) is 5.25. The maximum Gasteiger partial charge on any atom is 0.253 e. The van der Waals surface area contributed by atoms with Crippen LogP contribution in [0.4, 0.5) is 0 Å². The maximum atomic E-state index is 12.7. The van der Waals surface area contributed by atoms with Crippen molar-refractivity contribution in [1.82, 2.24) is 30.3 Å². The van der Waals surface area contributed by atoms with Crippen molar-refractivity contribution in [2.24, 2.45) is 0 Å². The number of benzene rings is 1. The van der Waals surface area contributed by atoms with Gasteiger partial charge in [-0.2, -0.15) is 15.4 Å². The summed E-state index contributed by atoms with van der Waals surface area (Å²) in [7, 11) is 0. The third kappa shape index (κ3) is 2.24. The van der Waals surface area contributed by atoms with Crippen LogP contribution >= 0.6 is 0 Å². The summed E-state index contributed by atoms with van der Waals surface area (Å²) >= 11 is 0. The maximum absolute atomic E-state index is 12.7. The molecule has 0 unspecified atom stereocenters. The highest BCUT2D eigenvalue weighted by molar-refractivity contribution is 5.97. The highest BCUT2D eigenvalue weighted by Gasteiger charge is 2.26. The van der Waals surface area contributed by atoms with Gasteiger partial charge in [-0.05, 0) is 31.0 Å². The van der Waals surface area contributed by atoms with Crippen molar-refractivity contribution in [2.75, 3.05) is 13.1 Å². The number of piperidine rings is 1. The van der Waals surface area contributed by atoms with E-state index in [2.05, 4.69) is 25.4 Å². The molecule has 3 aromatic rings. The Balaban J connectivity index is 1.56. The zero-order valence-electron chi connectivity index (χ0n) is 12.0. The van der Waals surface area contributed by atoms with Crippen molar-refractivity contribution < 1.29 is 4.79 Å². The van der Waals surface area contributed by atoms with Crippen LogP contribution < -0.4 is 0 Å². The molecule has 0 radical (unpaired) electrons. The molecule has 0 saturated carbocycles. The molecule has 0 spiro atoms. The topological polar surface area (TPSA) is 90.6 Å². The fraction of sp³-hybridized carbons (Fsp3) is 0.333. The molecule has 0 bridgehead atoms. The minimum atomic E-state index is 0.0427. The van der Waals surface area contributed by atoms with E-state index in [1.807, 2.05) is 23.2 Å². The van der Waals surface area contributed by atoms with Crippen molar-refractivity contribution in [3.63, 3.8) is 0 Å². The predicted octanol–water partition coefficient (Wildman–Crippen LogP) is 1.70. The first-order chi connectivity index (χ1) is 10.8. The summed E-state index contributed by atoms with van der Waals surface area (Å²) in [6.45, 7) is 1.48. The van der Waals surface area contributed by atoms with E-state index < -0.39 is 0 Å². The SMILES string of the molecule is O=C(c1ccc2n[nH]nc2c1)N1CCC[C@@H](c2ncc[nH]2)C1. The Labute approximate surface area is 126 Å². The predicted molar refractivity (Wildman–Crippen MR) is 80.4 cm³/mol. The number of likely N-dealkylation sites (tertiary alicyclic amines) is 1. The Morgan fingerprint density at radius 1 is 1.27 bits per heavy atom. The lowest BCUT2D eigenvalue weighted by Crippen LogP contribution is -2.39. The molecule has 112 valence electrons. The first-order valence-corrected chi connectivity index (χ1v) is 7.40. The molecule has 0 aliphatic carbocycles. The van der Waals surface area contributed by atoms with Crippen LogP contribution in [0.2, 0.25) is 0 Å². The Morgan fingerprint density at radius 3 is 3.05 bits per heavy atom. The summed E-state index contributed by atoms with van der Waals surface area (Å²) in [6.07, 6.45) is 5.63. The van der Waals surface area contributed by atoms with E-state index in [4.69, 9.17) is 0 Å². The number of H-pyrrole nitrogens is 2. The first-order valence-electron chi connectivity index (χ1n) is 7.40. The van der Waals surface area contributed by atoms with Crippen molar-refractivity contribution in [3.05, 3.63) is 42.0 Å². The molecule has 1 atom stereocenters. The monoisotopic (exact) mass is 296 g/mol.